The highest BCUT2D eigenvalue weighted by molar-refractivity contribution is 7.91. The highest BCUT2D eigenvalue weighted by atomic mass is 32.2. The molecule has 9 heteroatoms. The molecule has 4 aromatic rings. The summed E-state index contributed by atoms with van der Waals surface area (Å²) >= 11 is 0. The first-order valence-electron chi connectivity index (χ1n) is 9.32. The molecule has 0 spiro atoms. The summed E-state index contributed by atoms with van der Waals surface area (Å²) in [7, 11) is -2.78. The summed E-state index contributed by atoms with van der Waals surface area (Å²) < 4.78 is 49.3. The Morgan fingerprint density at radius 2 is 1.72 bits per heavy atom. The zero-order chi connectivity index (χ0) is 22.9. The van der Waals surface area contributed by atoms with E-state index in [9.17, 15) is 22.4 Å². The van der Waals surface area contributed by atoms with Crippen molar-refractivity contribution in [2.24, 2.45) is 0 Å². The first kappa shape index (κ1) is 21.3. The number of rotatable bonds is 5. The standard InChI is InChI=1S/C23H16FNO6S/c1-30-20-5-3-2-4-18(20)25-22(26)14-6-11-19-15(12-14)13-21(23(27)31-19)32(28,29)17-9-7-16(24)8-10-17/h2-13H,1H3,(H,25,26). The van der Waals surface area contributed by atoms with E-state index >= 15 is 0 Å². The van der Waals surface area contributed by atoms with Crippen molar-refractivity contribution in [2.75, 3.05) is 12.4 Å². The SMILES string of the molecule is COc1ccccc1NC(=O)c1ccc2oc(=O)c(S(=O)(=O)c3ccc(F)cc3)cc2c1. The molecule has 32 heavy (non-hydrogen) atoms. The van der Waals surface area contributed by atoms with Gasteiger partial charge in [-0.3, -0.25) is 4.79 Å². The van der Waals surface area contributed by atoms with Gasteiger partial charge in [-0.25, -0.2) is 17.6 Å². The second-order valence-corrected chi connectivity index (χ2v) is 8.68. The van der Waals surface area contributed by atoms with Gasteiger partial charge >= 0.3 is 5.63 Å². The summed E-state index contributed by atoms with van der Waals surface area (Å²) in [6, 6.07) is 16.3. The van der Waals surface area contributed by atoms with Gasteiger partial charge in [-0.2, -0.15) is 0 Å². The minimum Gasteiger partial charge on any atom is -0.495 e. The molecule has 0 radical (unpaired) electrons. The van der Waals surface area contributed by atoms with E-state index < -0.39 is 32.1 Å². The number of amides is 1. The van der Waals surface area contributed by atoms with Crippen LogP contribution in [0.15, 0.2) is 91.8 Å². The maximum atomic E-state index is 13.2. The average Bonchev–Trinajstić information content (AvgIpc) is 2.79. The number of anilines is 1. The normalized spacial score (nSPS) is 11.3. The lowest BCUT2D eigenvalue weighted by Crippen LogP contribution is -2.15. The van der Waals surface area contributed by atoms with Gasteiger partial charge in [0.25, 0.3) is 5.91 Å². The van der Waals surface area contributed by atoms with Gasteiger partial charge in [-0.05, 0) is 60.7 Å². The molecule has 1 aromatic heterocycles. The molecule has 162 valence electrons. The van der Waals surface area contributed by atoms with Crippen LogP contribution in [0.3, 0.4) is 0 Å². The number of hydrogen-bond acceptors (Lipinski definition) is 6. The van der Waals surface area contributed by atoms with E-state index in [0.29, 0.717) is 11.4 Å². The predicted molar refractivity (Wildman–Crippen MR) is 115 cm³/mol. The Labute approximate surface area is 182 Å². The van der Waals surface area contributed by atoms with Crippen molar-refractivity contribution in [3.63, 3.8) is 0 Å². The van der Waals surface area contributed by atoms with Crippen LogP contribution in [0.5, 0.6) is 5.75 Å². The van der Waals surface area contributed by atoms with Crippen LogP contribution in [0.4, 0.5) is 10.1 Å². The van der Waals surface area contributed by atoms with E-state index in [-0.39, 0.29) is 21.4 Å². The number of fused-ring (bicyclic) bond motifs is 1. The maximum Gasteiger partial charge on any atom is 0.355 e. The van der Waals surface area contributed by atoms with Crippen LogP contribution >= 0.6 is 0 Å². The lowest BCUT2D eigenvalue weighted by atomic mass is 10.1. The summed E-state index contributed by atoms with van der Waals surface area (Å²) in [5.74, 6) is -0.606. The van der Waals surface area contributed by atoms with Gasteiger partial charge in [0, 0.05) is 10.9 Å². The molecule has 1 amide bonds. The molecule has 4 rings (SSSR count). The molecule has 0 aliphatic heterocycles. The Morgan fingerprint density at radius 3 is 2.44 bits per heavy atom. The first-order valence-corrected chi connectivity index (χ1v) is 10.8. The van der Waals surface area contributed by atoms with Crippen molar-refractivity contribution in [1.82, 2.24) is 0 Å². The number of benzene rings is 3. The number of ether oxygens (including phenoxy) is 1. The Hall–Kier alpha value is -3.98. The van der Waals surface area contributed by atoms with Crippen molar-refractivity contribution >= 4 is 32.4 Å². The van der Waals surface area contributed by atoms with E-state index in [2.05, 4.69) is 5.32 Å². The Morgan fingerprint density at radius 1 is 1.00 bits per heavy atom. The smallest absolute Gasteiger partial charge is 0.355 e. The summed E-state index contributed by atoms with van der Waals surface area (Å²) in [6.07, 6.45) is 0. The fourth-order valence-corrected chi connectivity index (χ4v) is 4.41. The molecule has 0 unspecified atom stereocenters. The first-order chi connectivity index (χ1) is 15.3. The minimum atomic E-state index is -4.26. The van der Waals surface area contributed by atoms with E-state index in [1.807, 2.05) is 0 Å². The van der Waals surface area contributed by atoms with Crippen molar-refractivity contribution in [2.45, 2.75) is 9.79 Å². The summed E-state index contributed by atoms with van der Waals surface area (Å²) in [4.78, 5) is 24.2. The third-order valence-electron chi connectivity index (χ3n) is 4.73. The molecule has 0 aliphatic carbocycles. The lowest BCUT2D eigenvalue weighted by Gasteiger charge is -2.10. The third kappa shape index (κ3) is 3.97. The molecule has 0 bridgehead atoms. The van der Waals surface area contributed by atoms with Crippen LogP contribution < -0.4 is 15.7 Å². The molecule has 1 N–H and O–H groups in total. The fraction of sp³-hybridized carbons (Fsp3) is 0.0435. The zero-order valence-corrected chi connectivity index (χ0v) is 17.5. The summed E-state index contributed by atoms with van der Waals surface area (Å²) in [5, 5.41) is 2.95. The van der Waals surface area contributed by atoms with Crippen LogP contribution in [-0.2, 0) is 9.84 Å². The van der Waals surface area contributed by atoms with E-state index in [4.69, 9.17) is 9.15 Å². The van der Waals surface area contributed by atoms with Crippen molar-refractivity contribution < 1.29 is 26.8 Å². The molecule has 0 fully saturated rings. The Kier molecular flexibility index (Phi) is 5.50. The second-order valence-electron chi connectivity index (χ2n) is 6.76. The minimum absolute atomic E-state index is 0.113. The number of halogens is 1. The zero-order valence-electron chi connectivity index (χ0n) is 16.7. The van der Waals surface area contributed by atoms with Crippen LogP contribution in [0.25, 0.3) is 11.0 Å². The fourth-order valence-electron chi connectivity index (χ4n) is 3.12. The predicted octanol–water partition coefficient (Wildman–Crippen LogP) is 4.03. The van der Waals surface area contributed by atoms with Crippen molar-refractivity contribution in [1.29, 1.82) is 0 Å². The van der Waals surface area contributed by atoms with Gasteiger partial charge in [0.1, 0.15) is 17.1 Å². The number of methoxy groups -OCH3 is 1. The summed E-state index contributed by atoms with van der Waals surface area (Å²) in [6.45, 7) is 0. The Balaban J connectivity index is 1.74. The molecule has 0 saturated heterocycles. The van der Waals surface area contributed by atoms with Crippen molar-refractivity contribution in [3.05, 3.63) is 94.6 Å². The largest absolute Gasteiger partial charge is 0.495 e. The highest BCUT2D eigenvalue weighted by Crippen LogP contribution is 2.26. The van der Waals surface area contributed by atoms with Gasteiger partial charge < -0.3 is 14.5 Å². The van der Waals surface area contributed by atoms with Crippen LogP contribution in [-0.4, -0.2) is 21.4 Å². The average molecular weight is 453 g/mol. The van der Waals surface area contributed by atoms with Gasteiger partial charge in [0.2, 0.25) is 9.84 Å². The number of sulfone groups is 1. The van der Waals surface area contributed by atoms with Crippen molar-refractivity contribution in [3.8, 4) is 5.75 Å². The molecular weight excluding hydrogens is 437 g/mol. The third-order valence-corrected chi connectivity index (χ3v) is 6.49. The van der Waals surface area contributed by atoms with Gasteiger partial charge in [0.15, 0.2) is 4.90 Å². The van der Waals surface area contributed by atoms with Crippen LogP contribution in [0, 0.1) is 5.82 Å². The number of carbonyl (C=O) groups is 1. The molecule has 7 nitrogen and oxygen atoms in total. The summed E-state index contributed by atoms with van der Waals surface area (Å²) in [5.41, 5.74) is -0.281. The monoisotopic (exact) mass is 453 g/mol. The van der Waals surface area contributed by atoms with E-state index in [1.54, 1.807) is 24.3 Å². The molecule has 3 aromatic carbocycles. The molecular formula is C23H16FNO6S. The van der Waals surface area contributed by atoms with Gasteiger partial charge in [-0.1, -0.05) is 12.1 Å². The number of para-hydroxylation sites is 2. The molecule has 0 saturated carbocycles. The van der Waals surface area contributed by atoms with E-state index in [1.165, 1.54) is 25.3 Å². The quantitative estimate of drug-likeness (QED) is 0.362. The maximum absolute atomic E-state index is 13.2. The van der Waals surface area contributed by atoms with Crippen LogP contribution in [0.1, 0.15) is 10.4 Å². The van der Waals surface area contributed by atoms with Crippen LogP contribution in [0.2, 0.25) is 0 Å². The topological polar surface area (TPSA) is 103 Å². The number of carbonyl (C=O) groups excluding carboxylic acids is 1. The van der Waals surface area contributed by atoms with Gasteiger partial charge in [-0.15, -0.1) is 0 Å². The molecule has 0 atom stereocenters. The molecule has 1 heterocycles. The highest BCUT2D eigenvalue weighted by Gasteiger charge is 2.24. The molecule has 0 aliphatic rings. The number of nitrogens with one attached hydrogen (secondary N) is 1. The van der Waals surface area contributed by atoms with E-state index in [0.717, 1.165) is 30.3 Å². The number of hydrogen-bond donors (Lipinski definition) is 1. The Bertz CT molecular complexity index is 1490. The van der Waals surface area contributed by atoms with Gasteiger partial charge in [0.05, 0.1) is 17.7 Å². The lowest BCUT2D eigenvalue weighted by molar-refractivity contribution is 0.102. The second kappa shape index (κ2) is 8.27.